The van der Waals surface area contributed by atoms with Gasteiger partial charge >= 0.3 is 0 Å². The van der Waals surface area contributed by atoms with Crippen LogP contribution in [0.1, 0.15) is 67.5 Å². The maximum Gasteiger partial charge on any atom is 0.252 e. The van der Waals surface area contributed by atoms with Gasteiger partial charge in [-0.3, -0.25) is 4.79 Å². The fourth-order valence-corrected chi connectivity index (χ4v) is 3.19. The lowest BCUT2D eigenvalue weighted by Gasteiger charge is -2.13. The molecule has 4 rings (SSSR count). The van der Waals surface area contributed by atoms with Gasteiger partial charge in [-0.2, -0.15) is 5.10 Å². The number of carbonyl (C=O) groups excluding carboxylic acids is 1. The van der Waals surface area contributed by atoms with Crippen molar-refractivity contribution in [1.82, 2.24) is 20.1 Å². The van der Waals surface area contributed by atoms with Gasteiger partial charge in [-0.1, -0.05) is 0 Å². The summed E-state index contributed by atoms with van der Waals surface area (Å²) in [4.78, 5) is 17.5. The van der Waals surface area contributed by atoms with Gasteiger partial charge < -0.3 is 11.1 Å². The minimum absolute atomic E-state index is 0. The van der Waals surface area contributed by atoms with E-state index in [9.17, 15) is 4.79 Å². The first-order valence-electron chi connectivity index (χ1n) is 8.96. The molecule has 2 aliphatic carbocycles. The normalized spacial score (nSPS) is 17.5. The number of fused-ring (bicyclic) bond motifs is 1. The molecule has 2 saturated carbocycles. The molecule has 2 heterocycles. The van der Waals surface area contributed by atoms with Crippen LogP contribution < -0.4 is 11.1 Å². The summed E-state index contributed by atoms with van der Waals surface area (Å²) in [7, 11) is 0. The molecule has 0 bridgehead atoms. The van der Waals surface area contributed by atoms with Crippen molar-refractivity contribution in [3.05, 3.63) is 23.5 Å². The minimum Gasteiger partial charge on any atom is -0.350 e. The van der Waals surface area contributed by atoms with Crippen LogP contribution in [0.2, 0.25) is 0 Å². The van der Waals surface area contributed by atoms with Crippen LogP contribution in [0.25, 0.3) is 11.0 Å². The molecule has 1 atom stereocenters. The summed E-state index contributed by atoms with van der Waals surface area (Å²) in [6.45, 7) is 4.68. The van der Waals surface area contributed by atoms with E-state index in [1.807, 2.05) is 10.7 Å². The molecule has 2 aliphatic rings. The fourth-order valence-electron chi connectivity index (χ4n) is 3.19. The summed E-state index contributed by atoms with van der Waals surface area (Å²) in [5, 5.41) is 8.27. The maximum absolute atomic E-state index is 12.7. The number of hydrogen-bond donors (Lipinski definition) is 2. The van der Waals surface area contributed by atoms with Crippen LogP contribution in [0, 0.1) is 5.92 Å². The Morgan fingerprint density at radius 1 is 1.31 bits per heavy atom. The number of nitrogens with one attached hydrogen (secondary N) is 1. The number of amides is 1. The SMILES string of the molecule is CC(C)n1ncc2c(C(=O)NCC(N)C3CC3)cc(C3CC3)nc21.Cl.Cl. The van der Waals surface area contributed by atoms with Gasteiger partial charge in [-0.15, -0.1) is 24.8 Å². The van der Waals surface area contributed by atoms with Crippen LogP contribution in [0.4, 0.5) is 0 Å². The molecule has 2 aromatic rings. The van der Waals surface area contributed by atoms with E-state index >= 15 is 0 Å². The molecule has 26 heavy (non-hydrogen) atoms. The van der Waals surface area contributed by atoms with Crippen molar-refractivity contribution in [3.63, 3.8) is 0 Å². The highest BCUT2D eigenvalue weighted by Gasteiger charge is 2.30. The number of nitrogens with zero attached hydrogens (tertiary/aromatic N) is 3. The van der Waals surface area contributed by atoms with E-state index in [0.717, 1.165) is 29.6 Å². The van der Waals surface area contributed by atoms with Crippen molar-refractivity contribution in [2.75, 3.05) is 6.54 Å². The third-order valence-electron chi connectivity index (χ3n) is 5.04. The van der Waals surface area contributed by atoms with Crippen molar-refractivity contribution >= 4 is 41.8 Å². The zero-order valence-corrected chi connectivity index (χ0v) is 16.8. The summed E-state index contributed by atoms with van der Waals surface area (Å²) in [6, 6.07) is 2.22. The Balaban J connectivity index is 0.00000121. The van der Waals surface area contributed by atoms with Crippen LogP contribution in [-0.4, -0.2) is 33.3 Å². The quantitative estimate of drug-likeness (QED) is 0.780. The van der Waals surface area contributed by atoms with E-state index in [1.165, 1.54) is 12.8 Å². The summed E-state index contributed by atoms with van der Waals surface area (Å²) in [6.07, 6.45) is 6.44. The van der Waals surface area contributed by atoms with Gasteiger partial charge in [0.05, 0.1) is 17.1 Å². The van der Waals surface area contributed by atoms with E-state index in [4.69, 9.17) is 10.7 Å². The van der Waals surface area contributed by atoms with E-state index in [0.29, 0.717) is 23.9 Å². The monoisotopic (exact) mass is 399 g/mol. The molecule has 1 amide bonds. The lowest BCUT2D eigenvalue weighted by molar-refractivity contribution is 0.0951. The molecule has 0 aromatic carbocycles. The summed E-state index contributed by atoms with van der Waals surface area (Å²) in [5.74, 6) is 1.00. The summed E-state index contributed by atoms with van der Waals surface area (Å²) >= 11 is 0. The van der Waals surface area contributed by atoms with Crippen LogP contribution in [-0.2, 0) is 0 Å². The molecular formula is C18H27Cl2N5O. The minimum atomic E-state index is -0.0660. The van der Waals surface area contributed by atoms with E-state index in [2.05, 4.69) is 24.3 Å². The number of halogens is 2. The van der Waals surface area contributed by atoms with Gasteiger partial charge in [0.15, 0.2) is 5.65 Å². The number of carbonyl (C=O) groups is 1. The van der Waals surface area contributed by atoms with Crippen LogP contribution in [0.15, 0.2) is 12.3 Å². The number of hydrogen-bond acceptors (Lipinski definition) is 4. The number of rotatable bonds is 6. The van der Waals surface area contributed by atoms with Gasteiger partial charge in [0.25, 0.3) is 5.91 Å². The Bertz CT molecular complexity index is 783. The Morgan fingerprint density at radius 3 is 2.58 bits per heavy atom. The van der Waals surface area contributed by atoms with E-state index in [1.54, 1.807) is 6.20 Å². The lowest BCUT2D eigenvalue weighted by Crippen LogP contribution is -2.38. The van der Waals surface area contributed by atoms with Gasteiger partial charge in [0.2, 0.25) is 0 Å². The molecule has 2 aromatic heterocycles. The number of aromatic nitrogens is 3. The second-order valence-corrected chi connectivity index (χ2v) is 7.50. The third kappa shape index (κ3) is 4.13. The Morgan fingerprint density at radius 2 is 2.00 bits per heavy atom. The van der Waals surface area contributed by atoms with Crippen molar-refractivity contribution in [2.24, 2.45) is 11.7 Å². The Kier molecular flexibility index (Phi) is 6.53. The van der Waals surface area contributed by atoms with Crippen LogP contribution >= 0.6 is 24.8 Å². The average molecular weight is 400 g/mol. The number of nitrogens with two attached hydrogens (primary N) is 1. The van der Waals surface area contributed by atoms with Crippen molar-refractivity contribution in [1.29, 1.82) is 0 Å². The van der Waals surface area contributed by atoms with Gasteiger partial charge in [-0.25, -0.2) is 9.67 Å². The molecule has 0 aliphatic heterocycles. The highest BCUT2D eigenvalue weighted by molar-refractivity contribution is 6.05. The maximum atomic E-state index is 12.7. The molecule has 6 nitrogen and oxygen atoms in total. The molecule has 1 unspecified atom stereocenters. The first-order chi connectivity index (χ1) is 11.5. The topological polar surface area (TPSA) is 85.8 Å². The zero-order chi connectivity index (χ0) is 16.8. The first-order valence-corrected chi connectivity index (χ1v) is 8.96. The second-order valence-electron chi connectivity index (χ2n) is 7.50. The van der Waals surface area contributed by atoms with Gasteiger partial charge in [0, 0.05) is 30.2 Å². The number of pyridine rings is 1. The molecule has 0 saturated heterocycles. The first kappa shape index (κ1) is 20.9. The second kappa shape index (κ2) is 8.11. The summed E-state index contributed by atoms with van der Waals surface area (Å²) in [5.41, 5.74) is 8.61. The predicted octanol–water partition coefficient (Wildman–Crippen LogP) is 3.20. The molecule has 144 valence electrons. The van der Waals surface area contributed by atoms with Gasteiger partial charge in [-0.05, 0) is 51.5 Å². The highest BCUT2D eigenvalue weighted by Crippen LogP contribution is 2.40. The molecule has 8 heteroatoms. The predicted molar refractivity (Wildman–Crippen MR) is 107 cm³/mol. The standard InChI is InChI=1S/C18H25N5O.2ClH/c1-10(2)23-17-14(8-21-23)13(7-16(22-17)12-5-6-12)18(24)20-9-15(19)11-3-4-11;;/h7-8,10-12,15H,3-6,9,19H2,1-2H3,(H,20,24);2*1H. The van der Waals surface area contributed by atoms with Crippen molar-refractivity contribution in [3.8, 4) is 0 Å². The average Bonchev–Trinajstić information content (AvgIpc) is 3.46. The molecule has 0 radical (unpaired) electrons. The zero-order valence-electron chi connectivity index (χ0n) is 15.1. The largest absolute Gasteiger partial charge is 0.350 e. The highest BCUT2D eigenvalue weighted by atomic mass is 35.5. The van der Waals surface area contributed by atoms with Crippen molar-refractivity contribution in [2.45, 2.75) is 57.5 Å². The molecule has 0 spiro atoms. The van der Waals surface area contributed by atoms with E-state index in [-0.39, 0.29) is 42.8 Å². The Hall–Kier alpha value is -1.37. The fraction of sp³-hybridized carbons (Fsp3) is 0.611. The molecule has 2 fully saturated rings. The smallest absolute Gasteiger partial charge is 0.252 e. The van der Waals surface area contributed by atoms with Crippen molar-refractivity contribution < 1.29 is 4.79 Å². The lowest BCUT2D eigenvalue weighted by atomic mass is 10.1. The van der Waals surface area contributed by atoms with Gasteiger partial charge in [0.1, 0.15) is 0 Å². The molecule has 3 N–H and O–H groups in total. The van der Waals surface area contributed by atoms with Crippen LogP contribution in [0.5, 0.6) is 0 Å². The molecular weight excluding hydrogens is 373 g/mol. The van der Waals surface area contributed by atoms with E-state index < -0.39 is 0 Å². The summed E-state index contributed by atoms with van der Waals surface area (Å²) < 4.78 is 1.90. The Labute approximate surface area is 166 Å². The third-order valence-corrected chi connectivity index (χ3v) is 5.04. The van der Waals surface area contributed by atoms with Crippen LogP contribution in [0.3, 0.4) is 0 Å².